The summed E-state index contributed by atoms with van der Waals surface area (Å²) in [5.74, 6) is 1.87. The van der Waals surface area contributed by atoms with E-state index >= 15 is 0 Å². The van der Waals surface area contributed by atoms with E-state index in [1.54, 1.807) is 0 Å². The second-order valence-corrected chi connectivity index (χ2v) is 13.1. The minimum atomic E-state index is -0.390. The Kier molecular flexibility index (Phi) is 5.56. The van der Waals surface area contributed by atoms with Crippen LogP contribution in [0.2, 0.25) is 0 Å². The van der Waals surface area contributed by atoms with Gasteiger partial charge in [0.1, 0.15) is 11.2 Å². The van der Waals surface area contributed by atoms with Crippen LogP contribution in [0.25, 0.3) is 78.4 Å². The molecule has 232 valence electrons. The lowest BCUT2D eigenvalue weighted by Crippen LogP contribution is -2.25. The SMILES string of the molecule is c1ccc(-c2nc(-c3ccc4c(c3)-c3ccccc3C43c4ccccc4-c4ccccc43)nc(-c3ccc4c(c3)oc3ccccc34)n2)cc1. The van der Waals surface area contributed by atoms with E-state index in [9.17, 15) is 0 Å². The van der Waals surface area contributed by atoms with Crippen LogP contribution in [0.4, 0.5) is 0 Å². The molecule has 0 fully saturated rings. The molecular weight excluding hydrogens is 611 g/mol. The van der Waals surface area contributed by atoms with Crippen LogP contribution >= 0.6 is 0 Å². The Morgan fingerprint density at radius 2 is 0.820 bits per heavy atom. The third-order valence-electron chi connectivity index (χ3n) is 10.6. The summed E-state index contributed by atoms with van der Waals surface area (Å²) < 4.78 is 6.25. The van der Waals surface area contributed by atoms with Gasteiger partial charge in [0.2, 0.25) is 0 Å². The van der Waals surface area contributed by atoms with E-state index in [1.807, 2.05) is 54.6 Å². The molecule has 0 saturated carbocycles. The number of nitrogens with zero attached hydrogens (tertiary/aromatic N) is 3. The summed E-state index contributed by atoms with van der Waals surface area (Å²) in [5, 5.41) is 2.17. The molecule has 0 aliphatic heterocycles. The van der Waals surface area contributed by atoms with E-state index in [4.69, 9.17) is 19.4 Å². The molecule has 2 aromatic heterocycles. The van der Waals surface area contributed by atoms with Gasteiger partial charge in [0, 0.05) is 27.5 Å². The van der Waals surface area contributed by atoms with Crippen LogP contribution in [0, 0.1) is 0 Å². The normalized spacial score (nSPS) is 13.4. The summed E-state index contributed by atoms with van der Waals surface area (Å²) in [6.45, 7) is 0. The van der Waals surface area contributed by atoms with Gasteiger partial charge in [0.15, 0.2) is 17.5 Å². The second kappa shape index (κ2) is 10.2. The fourth-order valence-electron chi connectivity index (χ4n) is 8.45. The monoisotopic (exact) mass is 637 g/mol. The average Bonchev–Trinajstić information content (AvgIpc) is 3.81. The van der Waals surface area contributed by atoms with Crippen molar-refractivity contribution < 1.29 is 4.42 Å². The number of para-hydroxylation sites is 1. The molecule has 11 rings (SSSR count). The molecule has 0 atom stereocenters. The number of fused-ring (bicyclic) bond motifs is 13. The zero-order chi connectivity index (χ0) is 32.8. The third kappa shape index (κ3) is 3.67. The van der Waals surface area contributed by atoms with Crippen molar-refractivity contribution >= 4 is 21.9 Å². The van der Waals surface area contributed by atoms with E-state index in [2.05, 4.69) is 109 Å². The zero-order valence-electron chi connectivity index (χ0n) is 26.8. The van der Waals surface area contributed by atoms with Gasteiger partial charge in [-0.1, -0.05) is 140 Å². The average molecular weight is 638 g/mol. The Bertz CT molecular complexity index is 2790. The summed E-state index contributed by atoms with van der Waals surface area (Å²) in [4.78, 5) is 15.2. The van der Waals surface area contributed by atoms with Crippen molar-refractivity contribution in [2.75, 3.05) is 0 Å². The number of hydrogen-bond acceptors (Lipinski definition) is 4. The van der Waals surface area contributed by atoms with E-state index in [0.717, 1.165) is 38.6 Å². The number of rotatable bonds is 3. The maximum atomic E-state index is 6.25. The highest BCUT2D eigenvalue weighted by Crippen LogP contribution is 2.62. The highest BCUT2D eigenvalue weighted by Gasteiger charge is 2.51. The van der Waals surface area contributed by atoms with Crippen LogP contribution in [-0.2, 0) is 5.41 Å². The third-order valence-corrected chi connectivity index (χ3v) is 10.6. The molecule has 0 N–H and O–H groups in total. The molecule has 2 aliphatic carbocycles. The molecule has 2 aliphatic rings. The lowest BCUT2D eigenvalue weighted by atomic mass is 9.70. The molecule has 2 heterocycles. The van der Waals surface area contributed by atoms with Gasteiger partial charge in [-0.05, 0) is 68.8 Å². The van der Waals surface area contributed by atoms with Crippen molar-refractivity contribution in [1.82, 2.24) is 15.0 Å². The largest absolute Gasteiger partial charge is 0.456 e. The van der Waals surface area contributed by atoms with Gasteiger partial charge in [-0.25, -0.2) is 15.0 Å². The van der Waals surface area contributed by atoms with Crippen LogP contribution in [0.15, 0.2) is 168 Å². The highest BCUT2D eigenvalue weighted by molar-refractivity contribution is 6.05. The molecule has 4 nitrogen and oxygen atoms in total. The first kappa shape index (κ1) is 27.3. The van der Waals surface area contributed by atoms with Gasteiger partial charge < -0.3 is 4.42 Å². The quantitative estimate of drug-likeness (QED) is 0.193. The van der Waals surface area contributed by atoms with Crippen LogP contribution < -0.4 is 0 Å². The van der Waals surface area contributed by atoms with Crippen molar-refractivity contribution in [3.05, 3.63) is 186 Å². The first-order chi connectivity index (χ1) is 24.8. The van der Waals surface area contributed by atoms with Crippen molar-refractivity contribution in [2.24, 2.45) is 0 Å². The fourth-order valence-corrected chi connectivity index (χ4v) is 8.45. The first-order valence-corrected chi connectivity index (χ1v) is 16.9. The predicted octanol–water partition coefficient (Wildman–Crippen LogP) is 11.1. The molecule has 4 heteroatoms. The Morgan fingerprint density at radius 3 is 1.50 bits per heavy atom. The molecule has 0 unspecified atom stereocenters. The number of benzene rings is 7. The highest BCUT2D eigenvalue weighted by atomic mass is 16.3. The predicted molar refractivity (Wildman–Crippen MR) is 200 cm³/mol. The van der Waals surface area contributed by atoms with Gasteiger partial charge in [0.25, 0.3) is 0 Å². The summed E-state index contributed by atoms with van der Waals surface area (Å²) in [6.07, 6.45) is 0. The van der Waals surface area contributed by atoms with Crippen LogP contribution in [0.5, 0.6) is 0 Å². The smallest absolute Gasteiger partial charge is 0.164 e. The minimum absolute atomic E-state index is 0.390. The Balaban J connectivity index is 1.13. The Hall–Kier alpha value is -6.65. The molecule has 50 heavy (non-hydrogen) atoms. The first-order valence-electron chi connectivity index (χ1n) is 16.9. The minimum Gasteiger partial charge on any atom is -0.456 e. The molecule has 9 aromatic rings. The van der Waals surface area contributed by atoms with Gasteiger partial charge in [0.05, 0.1) is 5.41 Å². The van der Waals surface area contributed by atoms with Crippen LogP contribution in [-0.4, -0.2) is 15.0 Å². The summed E-state index contributed by atoms with van der Waals surface area (Å²) in [5.41, 5.74) is 14.3. The van der Waals surface area contributed by atoms with E-state index in [0.29, 0.717) is 17.5 Å². The molecule has 1 spiro atoms. The van der Waals surface area contributed by atoms with Crippen LogP contribution in [0.3, 0.4) is 0 Å². The van der Waals surface area contributed by atoms with Crippen molar-refractivity contribution in [1.29, 1.82) is 0 Å². The van der Waals surface area contributed by atoms with Gasteiger partial charge in [-0.15, -0.1) is 0 Å². The summed E-state index contributed by atoms with van der Waals surface area (Å²) >= 11 is 0. The summed E-state index contributed by atoms with van der Waals surface area (Å²) in [7, 11) is 0. The Labute approximate surface area is 288 Å². The standard InChI is InChI=1S/C46H27N3O/c1-2-12-28(13-3-1)43-47-44(49-45(48-43)30-22-24-35-34-17-7-11-21-41(34)50-42(35)27-30)29-23-25-40-36(26-29)33-16-6-10-20-39(33)46(40)37-18-8-4-14-31(37)32-15-5-9-19-38(32)46/h1-27H. The van der Waals surface area contributed by atoms with Gasteiger partial charge in [-0.2, -0.15) is 0 Å². The summed E-state index contributed by atoms with van der Waals surface area (Å²) in [6, 6.07) is 57.9. The molecular formula is C46H27N3O. The molecule has 0 saturated heterocycles. The topological polar surface area (TPSA) is 51.8 Å². The van der Waals surface area contributed by atoms with Crippen molar-refractivity contribution in [3.8, 4) is 56.4 Å². The van der Waals surface area contributed by atoms with Gasteiger partial charge in [-0.3, -0.25) is 0 Å². The second-order valence-electron chi connectivity index (χ2n) is 13.1. The molecule has 0 radical (unpaired) electrons. The fraction of sp³-hybridized carbons (Fsp3) is 0.0217. The maximum Gasteiger partial charge on any atom is 0.164 e. The van der Waals surface area contributed by atoms with Gasteiger partial charge >= 0.3 is 0 Å². The van der Waals surface area contributed by atoms with Crippen molar-refractivity contribution in [2.45, 2.75) is 5.41 Å². The zero-order valence-corrected chi connectivity index (χ0v) is 26.8. The maximum absolute atomic E-state index is 6.25. The van der Waals surface area contributed by atoms with Crippen molar-refractivity contribution in [3.63, 3.8) is 0 Å². The number of furan rings is 1. The lowest BCUT2D eigenvalue weighted by Gasteiger charge is -2.30. The van der Waals surface area contributed by atoms with E-state index in [-0.39, 0.29) is 5.41 Å². The van der Waals surface area contributed by atoms with E-state index < -0.39 is 0 Å². The molecule has 0 bridgehead atoms. The Morgan fingerprint density at radius 1 is 0.340 bits per heavy atom. The lowest BCUT2D eigenvalue weighted by molar-refractivity contribution is 0.669. The van der Waals surface area contributed by atoms with E-state index in [1.165, 1.54) is 44.5 Å². The molecule has 7 aromatic carbocycles. The van der Waals surface area contributed by atoms with Crippen LogP contribution in [0.1, 0.15) is 22.3 Å². The number of hydrogen-bond donors (Lipinski definition) is 0. The molecule has 0 amide bonds. The number of aromatic nitrogens is 3.